The normalized spacial score (nSPS) is 25.5. The molecule has 0 spiro atoms. The smallest absolute Gasteiger partial charge is 0.407 e. The minimum Gasteiger partial charge on any atom is -0.489 e. The Kier molecular flexibility index (Phi) is 5.85. The van der Waals surface area contributed by atoms with E-state index in [0.717, 1.165) is 0 Å². The van der Waals surface area contributed by atoms with Gasteiger partial charge in [0.05, 0.1) is 12.6 Å². The lowest BCUT2D eigenvalue weighted by molar-refractivity contribution is 0.0806. The number of nitrogens with one attached hydrogen (secondary N) is 2. The third-order valence-corrected chi connectivity index (χ3v) is 8.26. The standard InChI is InChI=1S/C22H27FN4O6S/c1-5-17-22(3)11-33-19-15(34(31,32)25-16(22)10-27(17)21(29)30)9-26(4)18(19)20(28)24-13-6-7-14(23)12(2)8-13/h6-9,16-17,25H,5,10-11H2,1-4H3,(H,24,28)(H,29,30)/t16-,17?,22-/m0/s1. The molecular weight excluding hydrogens is 467 g/mol. The first-order valence-electron chi connectivity index (χ1n) is 10.8. The molecule has 12 heteroatoms. The molecule has 2 amide bonds. The molecule has 1 aromatic carbocycles. The maximum absolute atomic E-state index is 13.6. The van der Waals surface area contributed by atoms with E-state index < -0.39 is 45.3 Å². The van der Waals surface area contributed by atoms with Crippen LogP contribution in [-0.4, -0.2) is 60.2 Å². The summed E-state index contributed by atoms with van der Waals surface area (Å²) < 4.78 is 50.2. The fraction of sp³-hybridized carbons (Fsp3) is 0.455. The molecule has 2 aromatic rings. The SMILES string of the molecule is CCC1N(C(=O)O)C[C@@H]2NS(=O)(=O)c3cn(C)c(C(=O)Nc4ccc(F)c(C)c4)c3OC[C@]12C. The summed E-state index contributed by atoms with van der Waals surface area (Å²) in [5.41, 5.74) is -0.200. The third-order valence-electron chi connectivity index (χ3n) is 6.79. The highest BCUT2D eigenvalue weighted by molar-refractivity contribution is 7.89. The topological polar surface area (TPSA) is 130 Å². The monoisotopic (exact) mass is 494 g/mol. The molecule has 0 saturated carbocycles. The predicted molar refractivity (Wildman–Crippen MR) is 121 cm³/mol. The van der Waals surface area contributed by atoms with Crippen molar-refractivity contribution in [2.24, 2.45) is 12.5 Å². The van der Waals surface area contributed by atoms with Crippen molar-refractivity contribution < 1.29 is 32.2 Å². The summed E-state index contributed by atoms with van der Waals surface area (Å²) in [6.07, 6.45) is 0.613. The largest absolute Gasteiger partial charge is 0.489 e. The molecule has 1 fully saturated rings. The number of nitrogens with zero attached hydrogens (tertiary/aromatic N) is 2. The van der Waals surface area contributed by atoms with Gasteiger partial charge in [0.25, 0.3) is 5.91 Å². The molecule has 34 heavy (non-hydrogen) atoms. The van der Waals surface area contributed by atoms with Gasteiger partial charge < -0.3 is 24.6 Å². The summed E-state index contributed by atoms with van der Waals surface area (Å²) in [4.78, 5) is 26.0. The van der Waals surface area contributed by atoms with Gasteiger partial charge in [0.2, 0.25) is 10.0 Å². The van der Waals surface area contributed by atoms with E-state index in [2.05, 4.69) is 10.0 Å². The van der Waals surface area contributed by atoms with Gasteiger partial charge in [0, 0.05) is 36.9 Å². The number of rotatable bonds is 3. The average molecular weight is 495 g/mol. The molecule has 1 saturated heterocycles. The third kappa shape index (κ3) is 3.80. The second-order valence-corrected chi connectivity index (χ2v) is 10.7. The van der Waals surface area contributed by atoms with Gasteiger partial charge in [-0.25, -0.2) is 22.3 Å². The van der Waals surface area contributed by atoms with Crippen molar-refractivity contribution >= 4 is 27.7 Å². The molecule has 1 unspecified atom stereocenters. The second kappa shape index (κ2) is 8.27. The highest BCUT2D eigenvalue weighted by Crippen LogP contribution is 2.43. The first-order valence-corrected chi connectivity index (χ1v) is 12.3. The van der Waals surface area contributed by atoms with Crippen molar-refractivity contribution in [2.45, 2.75) is 44.2 Å². The fourth-order valence-corrected chi connectivity index (χ4v) is 6.49. The van der Waals surface area contributed by atoms with E-state index in [0.29, 0.717) is 17.7 Å². The minimum absolute atomic E-state index is 0.00454. The zero-order valence-corrected chi connectivity index (χ0v) is 20.1. The van der Waals surface area contributed by atoms with Gasteiger partial charge in [-0.1, -0.05) is 13.8 Å². The van der Waals surface area contributed by atoms with Crippen LogP contribution >= 0.6 is 0 Å². The number of amides is 2. The lowest BCUT2D eigenvalue weighted by Crippen LogP contribution is -2.52. The van der Waals surface area contributed by atoms with Gasteiger partial charge >= 0.3 is 6.09 Å². The molecule has 4 rings (SSSR count). The lowest BCUT2D eigenvalue weighted by atomic mass is 9.79. The highest BCUT2D eigenvalue weighted by Gasteiger charge is 2.55. The van der Waals surface area contributed by atoms with Gasteiger partial charge in [-0.2, -0.15) is 0 Å². The van der Waals surface area contributed by atoms with Crippen molar-refractivity contribution in [1.29, 1.82) is 0 Å². The number of likely N-dealkylation sites (tertiary alicyclic amines) is 1. The summed E-state index contributed by atoms with van der Waals surface area (Å²) in [5.74, 6) is -1.16. The number of sulfonamides is 1. The fourth-order valence-electron chi connectivity index (χ4n) is 4.95. The van der Waals surface area contributed by atoms with Crippen LogP contribution in [0.2, 0.25) is 0 Å². The lowest BCUT2D eigenvalue weighted by Gasteiger charge is -2.37. The van der Waals surface area contributed by atoms with E-state index in [1.54, 1.807) is 13.8 Å². The maximum atomic E-state index is 13.6. The number of hydrogen-bond donors (Lipinski definition) is 3. The van der Waals surface area contributed by atoms with Crippen LogP contribution in [0.1, 0.15) is 36.3 Å². The number of fused-ring (bicyclic) bond motifs is 2. The second-order valence-electron chi connectivity index (χ2n) is 9.03. The molecule has 3 atom stereocenters. The number of carboxylic acid groups (broad SMARTS) is 1. The van der Waals surface area contributed by atoms with Gasteiger partial charge in [0.1, 0.15) is 10.7 Å². The summed E-state index contributed by atoms with van der Waals surface area (Å²) in [6.45, 7) is 5.17. The van der Waals surface area contributed by atoms with E-state index in [9.17, 15) is 27.5 Å². The Bertz CT molecular complexity index is 1280. The Morgan fingerprint density at radius 1 is 1.38 bits per heavy atom. The van der Waals surface area contributed by atoms with Gasteiger partial charge in [-0.15, -0.1) is 0 Å². The van der Waals surface area contributed by atoms with Crippen molar-refractivity contribution in [3.63, 3.8) is 0 Å². The number of anilines is 1. The van der Waals surface area contributed by atoms with Crippen molar-refractivity contribution in [1.82, 2.24) is 14.2 Å². The van der Waals surface area contributed by atoms with Gasteiger partial charge in [-0.05, 0) is 37.1 Å². The molecular formula is C22H27FN4O6S. The summed E-state index contributed by atoms with van der Waals surface area (Å²) in [7, 11) is -2.61. The Labute approximate surface area is 196 Å². The summed E-state index contributed by atoms with van der Waals surface area (Å²) >= 11 is 0. The first kappa shape index (κ1) is 24.0. The number of benzene rings is 1. The Hall–Kier alpha value is -3.12. The Morgan fingerprint density at radius 2 is 2.09 bits per heavy atom. The molecule has 184 valence electrons. The maximum Gasteiger partial charge on any atom is 0.407 e. The van der Waals surface area contributed by atoms with Crippen molar-refractivity contribution in [3.05, 3.63) is 41.5 Å². The molecule has 3 heterocycles. The number of halogens is 1. The predicted octanol–water partition coefficient (Wildman–Crippen LogP) is 2.54. The Morgan fingerprint density at radius 3 is 2.71 bits per heavy atom. The number of ether oxygens (including phenoxy) is 1. The van der Waals surface area contributed by atoms with Crippen LogP contribution in [0.4, 0.5) is 14.9 Å². The zero-order valence-electron chi connectivity index (χ0n) is 19.3. The van der Waals surface area contributed by atoms with E-state index in [1.807, 2.05) is 6.92 Å². The number of carbonyl (C=O) groups excluding carboxylic acids is 1. The van der Waals surface area contributed by atoms with Gasteiger partial charge in [-0.3, -0.25) is 4.79 Å². The first-order chi connectivity index (χ1) is 15.9. The van der Waals surface area contributed by atoms with Crippen LogP contribution in [0, 0.1) is 18.2 Å². The Balaban J connectivity index is 1.73. The molecule has 2 aliphatic heterocycles. The highest BCUT2D eigenvalue weighted by atomic mass is 32.2. The van der Waals surface area contributed by atoms with Crippen LogP contribution in [-0.2, 0) is 17.1 Å². The minimum atomic E-state index is -4.14. The molecule has 10 nitrogen and oxygen atoms in total. The molecule has 0 radical (unpaired) electrons. The van der Waals surface area contributed by atoms with E-state index in [1.165, 1.54) is 40.9 Å². The van der Waals surface area contributed by atoms with Crippen molar-refractivity contribution in [3.8, 4) is 5.75 Å². The van der Waals surface area contributed by atoms with E-state index in [4.69, 9.17) is 4.74 Å². The van der Waals surface area contributed by atoms with Gasteiger partial charge in [0.15, 0.2) is 11.4 Å². The molecule has 0 bridgehead atoms. The van der Waals surface area contributed by atoms with Crippen LogP contribution < -0.4 is 14.8 Å². The summed E-state index contributed by atoms with van der Waals surface area (Å²) in [6, 6.07) is 2.91. The quantitative estimate of drug-likeness (QED) is 0.601. The molecule has 2 aliphatic rings. The van der Waals surface area contributed by atoms with E-state index in [-0.39, 0.29) is 29.5 Å². The van der Waals surface area contributed by atoms with Crippen molar-refractivity contribution in [2.75, 3.05) is 18.5 Å². The molecule has 3 N–H and O–H groups in total. The number of aromatic nitrogens is 1. The number of carbonyl (C=O) groups is 2. The number of hydrogen-bond acceptors (Lipinski definition) is 5. The molecule has 1 aromatic heterocycles. The van der Waals surface area contributed by atoms with Crippen LogP contribution in [0.15, 0.2) is 29.3 Å². The van der Waals surface area contributed by atoms with Crippen LogP contribution in [0.3, 0.4) is 0 Å². The van der Waals surface area contributed by atoms with Crippen LogP contribution in [0.5, 0.6) is 5.75 Å². The number of aryl methyl sites for hydroxylation is 2. The molecule has 0 aliphatic carbocycles. The zero-order chi connectivity index (χ0) is 25.0. The van der Waals surface area contributed by atoms with Crippen LogP contribution in [0.25, 0.3) is 0 Å². The average Bonchev–Trinajstić information content (AvgIpc) is 3.23. The summed E-state index contributed by atoms with van der Waals surface area (Å²) in [5, 5.41) is 12.3. The van der Waals surface area contributed by atoms with E-state index >= 15 is 0 Å².